The molecule has 3 saturated heterocycles. The molecule has 4 rings (SSSR count). The third kappa shape index (κ3) is 8.83. The topological polar surface area (TPSA) is 107 Å². The fraction of sp³-hybridized carbons (Fsp3) is 0.647. The highest BCUT2D eigenvalue weighted by molar-refractivity contribution is 5.86. The molecule has 1 aliphatic carbocycles. The predicted molar refractivity (Wildman–Crippen MR) is 163 cm³/mol. The molecule has 0 aromatic heterocycles. The van der Waals surface area contributed by atoms with Crippen LogP contribution in [0.1, 0.15) is 79.1 Å². The number of hydrogen-bond donors (Lipinski definition) is 2. The number of hydrogen-bond acceptors (Lipinski definition) is 8. The van der Waals surface area contributed by atoms with E-state index in [0.717, 1.165) is 30.5 Å². The summed E-state index contributed by atoms with van der Waals surface area (Å²) in [6.07, 6.45) is 19.2. The number of nitrogens with zero attached hydrogens (tertiary/aromatic N) is 1. The Balaban J connectivity index is 1.33. The van der Waals surface area contributed by atoms with Gasteiger partial charge in [-0.1, -0.05) is 62.0 Å². The molecule has 0 radical (unpaired) electrons. The molecule has 1 spiro atoms. The first kappa shape index (κ1) is 32.6. The Morgan fingerprint density at radius 1 is 1.31 bits per heavy atom. The SMILES string of the molecule is CC1=CCC2/C(=C/C=C/CC/C(C)=C/CC3C[C@H](OC=O)C[C@]4(CC(=NCO)CC(/C=C/C(C)C)O4)O3)COC2[C@@H]1O. The molecule has 42 heavy (non-hydrogen) atoms. The molecule has 0 amide bonds. The smallest absolute Gasteiger partial charge is 0.293 e. The minimum Gasteiger partial charge on any atom is -0.464 e. The van der Waals surface area contributed by atoms with Crippen molar-refractivity contribution in [2.24, 2.45) is 16.8 Å². The molecule has 232 valence electrons. The van der Waals surface area contributed by atoms with Gasteiger partial charge in [0.2, 0.25) is 0 Å². The molecule has 4 unspecified atom stereocenters. The number of ether oxygens (including phenoxy) is 4. The van der Waals surface area contributed by atoms with E-state index in [1.165, 1.54) is 11.1 Å². The quantitative estimate of drug-likeness (QED) is 0.244. The van der Waals surface area contributed by atoms with Crippen LogP contribution in [0.5, 0.6) is 0 Å². The maximum absolute atomic E-state index is 11.3. The number of allylic oxidation sites excluding steroid dienone is 6. The molecular weight excluding hydrogens is 534 g/mol. The van der Waals surface area contributed by atoms with E-state index < -0.39 is 11.9 Å². The fourth-order valence-corrected chi connectivity index (χ4v) is 6.41. The van der Waals surface area contributed by atoms with Crippen LogP contribution >= 0.6 is 0 Å². The normalized spacial score (nSPS) is 36.0. The zero-order chi connectivity index (χ0) is 30.1. The van der Waals surface area contributed by atoms with Gasteiger partial charge < -0.3 is 29.2 Å². The van der Waals surface area contributed by atoms with E-state index in [4.69, 9.17) is 18.9 Å². The number of rotatable bonds is 11. The molecule has 0 bridgehead atoms. The lowest BCUT2D eigenvalue weighted by Gasteiger charge is -2.47. The summed E-state index contributed by atoms with van der Waals surface area (Å²) in [7, 11) is 0. The molecular formula is C34H49NO7. The van der Waals surface area contributed by atoms with Crippen molar-refractivity contribution in [3.8, 4) is 0 Å². The Labute approximate surface area is 250 Å². The van der Waals surface area contributed by atoms with Crippen LogP contribution in [-0.4, -0.2) is 72.0 Å². The van der Waals surface area contributed by atoms with Crippen LogP contribution in [0.2, 0.25) is 0 Å². The average molecular weight is 584 g/mol. The first-order chi connectivity index (χ1) is 20.2. The van der Waals surface area contributed by atoms with Crippen molar-refractivity contribution in [1.29, 1.82) is 0 Å². The Hall–Kier alpha value is -2.36. The van der Waals surface area contributed by atoms with Crippen LogP contribution in [0.15, 0.2) is 64.2 Å². The van der Waals surface area contributed by atoms with E-state index in [0.29, 0.717) is 51.1 Å². The third-order valence-electron chi connectivity index (χ3n) is 8.64. The molecule has 8 heteroatoms. The highest BCUT2D eigenvalue weighted by Gasteiger charge is 2.48. The van der Waals surface area contributed by atoms with Gasteiger partial charge in [0.25, 0.3) is 6.47 Å². The van der Waals surface area contributed by atoms with E-state index >= 15 is 0 Å². The van der Waals surface area contributed by atoms with Crippen LogP contribution < -0.4 is 0 Å². The molecule has 0 aromatic rings. The third-order valence-corrected chi connectivity index (χ3v) is 8.64. The zero-order valence-electron chi connectivity index (χ0n) is 25.6. The van der Waals surface area contributed by atoms with Crippen LogP contribution in [-0.2, 0) is 23.7 Å². The van der Waals surface area contributed by atoms with Gasteiger partial charge in [0, 0.05) is 37.3 Å². The summed E-state index contributed by atoms with van der Waals surface area (Å²) in [5, 5.41) is 19.9. The van der Waals surface area contributed by atoms with Crippen molar-refractivity contribution in [3.05, 3.63) is 59.3 Å². The Morgan fingerprint density at radius 3 is 2.90 bits per heavy atom. The average Bonchev–Trinajstić information content (AvgIpc) is 3.36. The van der Waals surface area contributed by atoms with Crippen LogP contribution in [0.3, 0.4) is 0 Å². The van der Waals surface area contributed by atoms with E-state index in [2.05, 4.69) is 62.2 Å². The van der Waals surface area contributed by atoms with Gasteiger partial charge >= 0.3 is 0 Å². The van der Waals surface area contributed by atoms with Gasteiger partial charge in [0.1, 0.15) is 18.9 Å². The molecule has 8 nitrogen and oxygen atoms in total. The Kier molecular flexibility index (Phi) is 11.9. The lowest BCUT2D eigenvalue weighted by molar-refractivity contribution is -0.306. The summed E-state index contributed by atoms with van der Waals surface area (Å²) in [5.41, 5.74) is 4.38. The summed E-state index contributed by atoms with van der Waals surface area (Å²) in [5.74, 6) is -0.299. The van der Waals surface area contributed by atoms with Gasteiger partial charge in [-0.25, -0.2) is 0 Å². The molecule has 7 atom stereocenters. The monoisotopic (exact) mass is 583 g/mol. The van der Waals surface area contributed by atoms with E-state index in [9.17, 15) is 15.0 Å². The molecule has 3 aliphatic heterocycles. The Morgan fingerprint density at radius 2 is 2.14 bits per heavy atom. The van der Waals surface area contributed by atoms with Gasteiger partial charge in [0.05, 0.1) is 24.9 Å². The number of aliphatic imine (C=N–C) groups is 1. The van der Waals surface area contributed by atoms with Gasteiger partial charge in [-0.3, -0.25) is 9.79 Å². The standard InChI is InChI=1S/C34H49NO7/c1-23(2)10-13-28-16-27(35-21-36)18-34(41-28)19-30(40-22-37)17-29(42-34)14-11-24(3)8-6-5-7-9-26-20-39-33-31(26)15-12-25(4)32(33)38/h5,7,9-13,22-23,28-33,36,38H,6,8,14-21H2,1-4H3/b7-5+,13-10+,24-11+,26-9+,35-27?/t28?,29?,30-,31?,32+,33?,34-/m0/s1. The van der Waals surface area contributed by atoms with Crippen molar-refractivity contribution in [3.63, 3.8) is 0 Å². The summed E-state index contributed by atoms with van der Waals surface area (Å²) in [6, 6.07) is 0. The van der Waals surface area contributed by atoms with E-state index in [1.54, 1.807) is 0 Å². The van der Waals surface area contributed by atoms with Crippen molar-refractivity contribution >= 4 is 12.2 Å². The highest BCUT2D eigenvalue weighted by atomic mass is 16.7. The highest BCUT2D eigenvalue weighted by Crippen LogP contribution is 2.41. The molecule has 2 N–H and O–H groups in total. The largest absolute Gasteiger partial charge is 0.464 e. The second-order valence-electron chi connectivity index (χ2n) is 12.5. The van der Waals surface area contributed by atoms with Gasteiger partial charge in [0.15, 0.2) is 5.79 Å². The molecule has 0 aromatic carbocycles. The minimum absolute atomic E-state index is 0.118. The zero-order valence-corrected chi connectivity index (χ0v) is 25.6. The summed E-state index contributed by atoms with van der Waals surface area (Å²) in [4.78, 5) is 15.6. The molecule has 4 aliphatic rings. The second kappa shape index (κ2) is 15.4. The molecule has 3 heterocycles. The number of fused-ring (bicyclic) bond motifs is 1. The van der Waals surface area contributed by atoms with Crippen molar-refractivity contribution in [2.75, 3.05) is 13.3 Å². The lowest BCUT2D eigenvalue weighted by atomic mass is 9.82. The number of aliphatic hydroxyl groups is 2. The first-order valence-corrected chi connectivity index (χ1v) is 15.5. The summed E-state index contributed by atoms with van der Waals surface area (Å²) < 4.78 is 24.4. The summed E-state index contributed by atoms with van der Waals surface area (Å²) in [6.45, 7) is 9.15. The number of aliphatic hydroxyl groups excluding tert-OH is 2. The maximum Gasteiger partial charge on any atom is 0.293 e. The second-order valence-corrected chi connectivity index (χ2v) is 12.5. The lowest BCUT2D eigenvalue weighted by Crippen LogP contribution is -2.54. The van der Waals surface area contributed by atoms with E-state index in [-0.39, 0.29) is 37.1 Å². The molecule has 3 fully saturated rings. The minimum atomic E-state index is -0.946. The Bertz CT molecular complexity index is 1100. The van der Waals surface area contributed by atoms with Gasteiger partial charge in [-0.2, -0.15) is 0 Å². The van der Waals surface area contributed by atoms with Crippen molar-refractivity contribution < 1.29 is 34.0 Å². The predicted octanol–water partition coefficient (Wildman–Crippen LogP) is 5.51. The molecule has 0 saturated carbocycles. The van der Waals surface area contributed by atoms with Crippen LogP contribution in [0.4, 0.5) is 0 Å². The maximum atomic E-state index is 11.3. The van der Waals surface area contributed by atoms with Crippen LogP contribution in [0.25, 0.3) is 0 Å². The van der Waals surface area contributed by atoms with Crippen molar-refractivity contribution in [2.45, 2.75) is 115 Å². The summed E-state index contributed by atoms with van der Waals surface area (Å²) >= 11 is 0. The van der Waals surface area contributed by atoms with Gasteiger partial charge in [-0.15, -0.1) is 0 Å². The van der Waals surface area contributed by atoms with E-state index in [1.807, 2.05) is 13.0 Å². The fourth-order valence-electron chi connectivity index (χ4n) is 6.41. The number of carbonyl (C=O) groups excluding carboxylic acids is 1. The number of carbonyl (C=O) groups is 1. The van der Waals surface area contributed by atoms with Crippen LogP contribution in [0, 0.1) is 11.8 Å². The van der Waals surface area contributed by atoms with Gasteiger partial charge in [-0.05, 0) is 56.6 Å². The first-order valence-electron chi connectivity index (χ1n) is 15.5. The van der Waals surface area contributed by atoms with Crippen molar-refractivity contribution in [1.82, 2.24) is 0 Å².